The Morgan fingerprint density at radius 1 is 1.33 bits per heavy atom. The summed E-state index contributed by atoms with van der Waals surface area (Å²) in [5.74, 6) is 0. The molecule has 4 nitrogen and oxygen atoms in total. The molecular weight excluding hydrogens is 284 g/mol. The fraction of sp³-hybridized carbons (Fsp3) is 0.688. The van der Waals surface area contributed by atoms with Crippen LogP contribution in [0, 0.1) is 6.92 Å². The Morgan fingerprint density at radius 3 is 2.67 bits per heavy atom. The number of rotatable bonds is 4. The second-order valence-corrected chi connectivity index (χ2v) is 8.06. The molecule has 118 valence electrons. The van der Waals surface area contributed by atoms with Crippen LogP contribution in [0.2, 0.25) is 0 Å². The average molecular weight is 310 g/mol. The summed E-state index contributed by atoms with van der Waals surface area (Å²) in [7, 11) is 0. The third-order valence-corrected chi connectivity index (χ3v) is 4.55. The highest BCUT2D eigenvalue weighted by Crippen LogP contribution is 2.21. The van der Waals surface area contributed by atoms with Crippen molar-refractivity contribution in [2.24, 2.45) is 0 Å². The van der Waals surface area contributed by atoms with Crippen LogP contribution in [0.1, 0.15) is 49.8 Å². The van der Waals surface area contributed by atoms with Crippen LogP contribution in [0.4, 0.5) is 4.79 Å². The Balaban J connectivity index is 1.81. The third-order valence-electron chi connectivity index (χ3n) is 3.55. The second kappa shape index (κ2) is 6.79. The minimum atomic E-state index is -0.444. The molecule has 2 atom stereocenters. The molecule has 21 heavy (non-hydrogen) atoms. The molecule has 2 N–H and O–H groups in total. The molecule has 1 saturated carbocycles. The van der Waals surface area contributed by atoms with Gasteiger partial charge in [-0.2, -0.15) is 0 Å². The summed E-state index contributed by atoms with van der Waals surface area (Å²) in [6.07, 6.45) is 2.94. The topological polar surface area (TPSA) is 50.4 Å². The number of hydrogen-bond acceptors (Lipinski definition) is 4. The molecule has 1 aromatic heterocycles. The highest BCUT2D eigenvalue weighted by atomic mass is 32.1. The van der Waals surface area contributed by atoms with E-state index in [1.54, 1.807) is 0 Å². The Bertz CT molecular complexity index is 479. The van der Waals surface area contributed by atoms with E-state index in [0.717, 1.165) is 25.8 Å². The summed E-state index contributed by atoms with van der Waals surface area (Å²) >= 11 is 1.82. The predicted molar refractivity (Wildman–Crippen MR) is 86.7 cm³/mol. The molecule has 1 heterocycles. The first kappa shape index (κ1) is 16.3. The summed E-state index contributed by atoms with van der Waals surface area (Å²) in [5.41, 5.74) is -0.444. The lowest BCUT2D eigenvalue weighted by atomic mass is 10.1. The number of carbonyl (C=O) groups excluding carboxylic acids is 1. The molecule has 1 aliphatic carbocycles. The van der Waals surface area contributed by atoms with Crippen LogP contribution in [0.15, 0.2) is 12.1 Å². The van der Waals surface area contributed by atoms with Crippen molar-refractivity contribution in [3.8, 4) is 0 Å². The van der Waals surface area contributed by atoms with Crippen LogP contribution in [-0.4, -0.2) is 23.8 Å². The molecule has 0 aromatic carbocycles. The van der Waals surface area contributed by atoms with Gasteiger partial charge in [0.2, 0.25) is 0 Å². The molecule has 1 fully saturated rings. The maximum absolute atomic E-state index is 11.9. The fourth-order valence-electron chi connectivity index (χ4n) is 2.65. The first-order chi connectivity index (χ1) is 9.83. The summed E-state index contributed by atoms with van der Waals surface area (Å²) in [6, 6.07) is 4.81. The molecule has 2 unspecified atom stereocenters. The standard InChI is InChI=1S/C16H26N2O2S/c1-11-8-9-12(21-11)10-17-13-6-5-7-14(13)18-15(19)20-16(2,3)4/h8-9,13-14,17H,5-7,10H2,1-4H3,(H,18,19). The Kier molecular flexibility index (Phi) is 5.27. The zero-order valence-corrected chi connectivity index (χ0v) is 14.2. The minimum Gasteiger partial charge on any atom is -0.444 e. The molecule has 0 aliphatic heterocycles. The monoisotopic (exact) mass is 310 g/mol. The van der Waals surface area contributed by atoms with Crippen molar-refractivity contribution >= 4 is 17.4 Å². The zero-order valence-electron chi connectivity index (χ0n) is 13.4. The summed E-state index contributed by atoms with van der Waals surface area (Å²) in [4.78, 5) is 14.6. The Hall–Kier alpha value is -1.07. The number of alkyl carbamates (subject to hydrolysis) is 1. The number of aryl methyl sites for hydroxylation is 1. The van der Waals surface area contributed by atoms with Gasteiger partial charge in [-0.3, -0.25) is 0 Å². The van der Waals surface area contributed by atoms with Crippen LogP contribution in [0.25, 0.3) is 0 Å². The van der Waals surface area contributed by atoms with Gasteiger partial charge in [0, 0.05) is 28.4 Å². The number of hydrogen-bond donors (Lipinski definition) is 2. The van der Waals surface area contributed by atoms with Gasteiger partial charge in [-0.05, 0) is 59.1 Å². The van der Waals surface area contributed by atoms with Crippen molar-refractivity contribution < 1.29 is 9.53 Å². The van der Waals surface area contributed by atoms with Gasteiger partial charge < -0.3 is 15.4 Å². The maximum Gasteiger partial charge on any atom is 0.407 e. The third kappa shape index (κ3) is 5.32. The van der Waals surface area contributed by atoms with E-state index in [1.165, 1.54) is 9.75 Å². The number of amides is 1. The summed E-state index contributed by atoms with van der Waals surface area (Å²) in [6.45, 7) is 8.65. The smallest absolute Gasteiger partial charge is 0.407 e. The Morgan fingerprint density at radius 2 is 2.05 bits per heavy atom. The van der Waals surface area contributed by atoms with Gasteiger partial charge in [-0.15, -0.1) is 11.3 Å². The van der Waals surface area contributed by atoms with Crippen LogP contribution >= 0.6 is 11.3 Å². The molecule has 1 amide bonds. The van der Waals surface area contributed by atoms with E-state index >= 15 is 0 Å². The van der Waals surface area contributed by atoms with E-state index in [2.05, 4.69) is 29.7 Å². The second-order valence-electron chi connectivity index (χ2n) is 6.68. The van der Waals surface area contributed by atoms with E-state index in [1.807, 2.05) is 32.1 Å². The van der Waals surface area contributed by atoms with Gasteiger partial charge in [0.1, 0.15) is 5.60 Å². The quantitative estimate of drug-likeness (QED) is 0.893. The van der Waals surface area contributed by atoms with Crippen LogP contribution in [0.5, 0.6) is 0 Å². The molecule has 2 rings (SSSR count). The summed E-state index contributed by atoms with van der Waals surface area (Å²) < 4.78 is 5.34. The van der Waals surface area contributed by atoms with E-state index in [9.17, 15) is 4.79 Å². The molecular formula is C16H26N2O2S. The van der Waals surface area contributed by atoms with Crippen molar-refractivity contribution in [3.05, 3.63) is 21.9 Å². The van der Waals surface area contributed by atoms with Crippen molar-refractivity contribution in [2.45, 2.75) is 71.2 Å². The van der Waals surface area contributed by atoms with Crippen molar-refractivity contribution in [1.82, 2.24) is 10.6 Å². The van der Waals surface area contributed by atoms with Gasteiger partial charge in [0.15, 0.2) is 0 Å². The molecule has 0 radical (unpaired) electrons. The highest BCUT2D eigenvalue weighted by molar-refractivity contribution is 7.11. The summed E-state index contributed by atoms with van der Waals surface area (Å²) in [5, 5.41) is 6.58. The van der Waals surface area contributed by atoms with Crippen molar-refractivity contribution in [2.75, 3.05) is 0 Å². The minimum absolute atomic E-state index is 0.168. The lowest BCUT2D eigenvalue weighted by Crippen LogP contribution is -2.47. The normalized spacial score (nSPS) is 22.3. The molecule has 0 saturated heterocycles. The van der Waals surface area contributed by atoms with E-state index < -0.39 is 5.60 Å². The number of nitrogens with one attached hydrogen (secondary N) is 2. The largest absolute Gasteiger partial charge is 0.444 e. The molecule has 1 aromatic rings. The molecule has 1 aliphatic rings. The van der Waals surface area contributed by atoms with Crippen LogP contribution < -0.4 is 10.6 Å². The van der Waals surface area contributed by atoms with E-state index in [0.29, 0.717) is 6.04 Å². The van der Waals surface area contributed by atoms with E-state index in [4.69, 9.17) is 4.74 Å². The lowest BCUT2D eigenvalue weighted by molar-refractivity contribution is 0.0498. The molecule has 0 bridgehead atoms. The SMILES string of the molecule is Cc1ccc(CNC2CCCC2NC(=O)OC(C)(C)C)s1. The van der Waals surface area contributed by atoms with Crippen molar-refractivity contribution in [3.63, 3.8) is 0 Å². The van der Waals surface area contributed by atoms with Crippen molar-refractivity contribution in [1.29, 1.82) is 0 Å². The van der Waals surface area contributed by atoms with Gasteiger partial charge in [-0.1, -0.05) is 0 Å². The highest BCUT2D eigenvalue weighted by Gasteiger charge is 2.29. The zero-order chi connectivity index (χ0) is 15.5. The van der Waals surface area contributed by atoms with Gasteiger partial charge in [-0.25, -0.2) is 4.79 Å². The predicted octanol–water partition coefficient (Wildman–Crippen LogP) is 3.59. The first-order valence-corrected chi connectivity index (χ1v) is 8.43. The van der Waals surface area contributed by atoms with Gasteiger partial charge in [0.05, 0.1) is 0 Å². The van der Waals surface area contributed by atoms with Crippen LogP contribution in [-0.2, 0) is 11.3 Å². The Labute approximate surface area is 131 Å². The van der Waals surface area contributed by atoms with Gasteiger partial charge >= 0.3 is 6.09 Å². The lowest BCUT2D eigenvalue weighted by Gasteiger charge is -2.25. The van der Waals surface area contributed by atoms with Crippen LogP contribution in [0.3, 0.4) is 0 Å². The number of ether oxygens (including phenoxy) is 1. The molecule has 5 heteroatoms. The number of carbonyl (C=O) groups is 1. The number of thiophene rings is 1. The maximum atomic E-state index is 11.9. The average Bonchev–Trinajstić information content (AvgIpc) is 2.93. The van der Waals surface area contributed by atoms with E-state index in [-0.39, 0.29) is 12.1 Å². The fourth-order valence-corrected chi connectivity index (χ4v) is 3.49. The van der Waals surface area contributed by atoms with Gasteiger partial charge in [0.25, 0.3) is 0 Å². The molecule has 0 spiro atoms. The first-order valence-electron chi connectivity index (χ1n) is 7.62.